The summed E-state index contributed by atoms with van der Waals surface area (Å²) in [6, 6.07) is 2.05. The van der Waals surface area contributed by atoms with Crippen LogP contribution in [-0.4, -0.2) is 32.6 Å². The van der Waals surface area contributed by atoms with E-state index in [0.717, 1.165) is 42.6 Å². The van der Waals surface area contributed by atoms with Crippen LogP contribution in [0.4, 0.5) is 9.80 Å². The van der Waals surface area contributed by atoms with Gasteiger partial charge < -0.3 is 15.7 Å². The van der Waals surface area contributed by atoms with Crippen LogP contribution in [0.25, 0.3) is 20.8 Å². The Balaban J connectivity index is 1.84. The average molecular weight is 360 g/mol. The van der Waals surface area contributed by atoms with Crippen LogP contribution in [0.15, 0.2) is 6.07 Å². The van der Waals surface area contributed by atoms with Crippen molar-refractivity contribution in [2.75, 3.05) is 12.3 Å². The van der Waals surface area contributed by atoms with E-state index in [1.165, 1.54) is 16.2 Å². The molecule has 3 aromatic heterocycles. The summed E-state index contributed by atoms with van der Waals surface area (Å²) in [5.41, 5.74) is 11.2. The molecule has 1 amide bonds. The van der Waals surface area contributed by atoms with E-state index >= 15 is 0 Å². The van der Waals surface area contributed by atoms with Crippen LogP contribution in [0.5, 0.6) is 0 Å². The number of nitrogens with two attached hydrogens (primary N) is 1. The minimum atomic E-state index is -0.883. The lowest BCUT2D eigenvalue weighted by Crippen LogP contribution is -2.34. The van der Waals surface area contributed by atoms with E-state index in [-0.39, 0.29) is 0 Å². The third-order valence-corrected chi connectivity index (χ3v) is 6.31. The Hall–Kier alpha value is -2.19. The molecule has 4 rings (SSSR count). The number of pyridine rings is 1. The van der Waals surface area contributed by atoms with E-state index in [1.807, 2.05) is 19.9 Å². The number of nitrogens with zero attached hydrogens (tertiary/aromatic N) is 3. The number of nitrogen functional groups attached to an aromatic ring is 1. The summed E-state index contributed by atoms with van der Waals surface area (Å²) in [4.78, 5) is 22.9. The van der Waals surface area contributed by atoms with E-state index < -0.39 is 6.09 Å². The summed E-state index contributed by atoms with van der Waals surface area (Å²) < 4.78 is 1.11. The summed E-state index contributed by atoms with van der Waals surface area (Å²) in [6.07, 6.45) is -0.206. The molecule has 124 valence electrons. The number of carboxylic acid groups (broad SMARTS) is 1. The fourth-order valence-corrected chi connectivity index (χ4v) is 5.56. The molecule has 24 heavy (non-hydrogen) atoms. The molecule has 0 aliphatic carbocycles. The average Bonchev–Trinajstić information content (AvgIpc) is 3.05. The zero-order chi connectivity index (χ0) is 17.0. The van der Waals surface area contributed by atoms with Crippen LogP contribution >= 0.6 is 22.7 Å². The normalized spacial score (nSPS) is 14.2. The SMILES string of the molecule is Cc1cc2sc(-c3c(N)sc4c3CCN(C(=O)O)C4)nc2c(C)n1. The Kier molecular flexibility index (Phi) is 3.47. The smallest absolute Gasteiger partial charge is 0.407 e. The Morgan fingerprint density at radius 1 is 1.33 bits per heavy atom. The van der Waals surface area contributed by atoms with Gasteiger partial charge in [0.05, 0.1) is 21.9 Å². The van der Waals surface area contributed by atoms with Crippen LogP contribution in [0, 0.1) is 13.8 Å². The summed E-state index contributed by atoms with van der Waals surface area (Å²) >= 11 is 3.10. The molecular formula is C16H16N4O2S2. The fraction of sp³-hybridized carbons (Fsp3) is 0.312. The first-order valence-electron chi connectivity index (χ1n) is 7.57. The van der Waals surface area contributed by atoms with Crippen molar-refractivity contribution in [3.05, 3.63) is 27.9 Å². The van der Waals surface area contributed by atoms with Gasteiger partial charge in [-0.05, 0) is 31.9 Å². The third-order valence-electron chi connectivity index (χ3n) is 4.25. The molecule has 3 aromatic rings. The molecule has 3 N–H and O–H groups in total. The summed E-state index contributed by atoms with van der Waals surface area (Å²) in [7, 11) is 0. The second-order valence-electron chi connectivity index (χ2n) is 5.91. The van der Waals surface area contributed by atoms with Gasteiger partial charge >= 0.3 is 6.09 Å². The highest BCUT2D eigenvalue weighted by Crippen LogP contribution is 2.44. The van der Waals surface area contributed by atoms with Crippen molar-refractivity contribution < 1.29 is 9.90 Å². The molecule has 1 aliphatic rings. The molecule has 8 heteroatoms. The van der Waals surface area contributed by atoms with Gasteiger partial charge in [-0.1, -0.05) is 0 Å². The number of hydrogen-bond acceptors (Lipinski definition) is 6. The molecule has 6 nitrogen and oxygen atoms in total. The molecule has 1 aliphatic heterocycles. The molecule has 0 fully saturated rings. The number of aryl methyl sites for hydroxylation is 2. The van der Waals surface area contributed by atoms with E-state index in [9.17, 15) is 9.90 Å². The predicted molar refractivity (Wildman–Crippen MR) is 96.8 cm³/mol. The summed E-state index contributed by atoms with van der Waals surface area (Å²) in [5.74, 6) is 0. The lowest BCUT2D eigenvalue weighted by molar-refractivity contribution is 0.140. The van der Waals surface area contributed by atoms with Gasteiger partial charge in [-0.2, -0.15) is 0 Å². The van der Waals surface area contributed by atoms with Crippen LogP contribution in [-0.2, 0) is 13.0 Å². The second kappa shape index (κ2) is 5.42. The first kappa shape index (κ1) is 15.3. The first-order valence-corrected chi connectivity index (χ1v) is 9.20. The third kappa shape index (κ3) is 2.33. The lowest BCUT2D eigenvalue weighted by atomic mass is 10.0. The minimum Gasteiger partial charge on any atom is -0.465 e. The molecule has 0 radical (unpaired) electrons. The van der Waals surface area contributed by atoms with Crippen molar-refractivity contribution >= 4 is 44.0 Å². The van der Waals surface area contributed by atoms with Crippen molar-refractivity contribution in [2.45, 2.75) is 26.8 Å². The van der Waals surface area contributed by atoms with Gasteiger partial charge in [0.1, 0.15) is 10.5 Å². The number of anilines is 1. The molecule has 0 atom stereocenters. The van der Waals surface area contributed by atoms with Crippen LogP contribution in [0.3, 0.4) is 0 Å². The Bertz CT molecular complexity index is 976. The van der Waals surface area contributed by atoms with Crippen LogP contribution in [0.1, 0.15) is 21.8 Å². The lowest BCUT2D eigenvalue weighted by Gasteiger charge is -2.24. The van der Waals surface area contributed by atoms with Gasteiger partial charge in [0.25, 0.3) is 0 Å². The number of aromatic nitrogens is 2. The molecule has 0 spiro atoms. The number of thiophene rings is 1. The largest absolute Gasteiger partial charge is 0.465 e. The highest BCUT2D eigenvalue weighted by Gasteiger charge is 2.28. The summed E-state index contributed by atoms with van der Waals surface area (Å²) in [6.45, 7) is 4.85. The number of amides is 1. The highest BCUT2D eigenvalue weighted by atomic mass is 32.1. The van der Waals surface area contributed by atoms with E-state index in [4.69, 9.17) is 10.7 Å². The van der Waals surface area contributed by atoms with Gasteiger partial charge in [0.2, 0.25) is 0 Å². The molecule has 0 bridgehead atoms. The monoisotopic (exact) mass is 360 g/mol. The van der Waals surface area contributed by atoms with Gasteiger partial charge in [-0.25, -0.2) is 9.78 Å². The number of hydrogen-bond donors (Lipinski definition) is 2. The first-order chi connectivity index (χ1) is 11.4. The molecule has 0 saturated heterocycles. The van der Waals surface area contributed by atoms with Crippen LogP contribution in [0.2, 0.25) is 0 Å². The topological polar surface area (TPSA) is 92.3 Å². The molecule has 4 heterocycles. The highest BCUT2D eigenvalue weighted by molar-refractivity contribution is 7.22. The van der Waals surface area contributed by atoms with Gasteiger partial charge in [-0.15, -0.1) is 22.7 Å². The van der Waals surface area contributed by atoms with Gasteiger partial charge in [-0.3, -0.25) is 4.98 Å². The van der Waals surface area contributed by atoms with E-state index in [1.54, 1.807) is 11.3 Å². The Labute approximate surface area is 146 Å². The second-order valence-corrected chi connectivity index (χ2v) is 8.08. The molecular weight excluding hydrogens is 344 g/mol. The molecule has 0 aromatic carbocycles. The van der Waals surface area contributed by atoms with Crippen molar-refractivity contribution in [1.82, 2.24) is 14.9 Å². The maximum absolute atomic E-state index is 11.2. The zero-order valence-electron chi connectivity index (χ0n) is 13.3. The summed E-state index contributed by atoms with van der Waals surface area (Å²) in [5, 5.41) is 10.8. The number of carbonyl (C=O) groups is 1. The van der Waals surface area contributed by atoms with Crippen LogP contribution < -0.4 is 5.73 Å². The standard InChI is InChI=1S/C16H16N4O2S2/c1-7-5-10-13(8(2)18-7)19-15(24-10)12-9-3-4-20(16(21)22)6-11(9)23-14(12)17/h5H,3-4,6,17H2,1-2H3,(H,21,22). The van der Waals surface area contributed by atoms with Crippen molar-refractivity contribution in [2.24, 2.45) is 0 Å². The maximum atomic E-state index is 11.2. The van der Waals surface area contributed by atoms with E-state index in [2.05, 4.69) is 4.98 Å². The quantitative estimate of drug-likeness (QED) is 0.691. The molecule has 0 saturated carbocycles. The number of fused-ring (bicyclic) bond motifs is 2. The van der Waals surface area contributed by atoms with Gasteiger partial charge in [0.15, 0.2) is 0 Å². The van der Waals surface area contributed by atoms with Crippen molar-refractivity contribution in [1.29, 1.82) is 0 Å². The van der Waals surface area contributed by atoms with Crippen molar-refractivity contribution in [3.63, 3.8) is 0 Å². The molecule has 0 unspecified atom stereocenters. The van der Waals surface area contributed by atoms with Crippen molar-refractivity contribution in [3.8, 4) is 10.6 Å². The number of rotatable bonds is 1. The zero-order valence-corrected chi connectivity index (χ0v) is 14.9. The van der Waals surface area contributed by atoms with E-state index in [0.29, 0.717) is 24.5 Å². The number of thiazole rings is 1. The fourth-order valence-electron chi connectivity index (χ4n) is 3.16. The Morgan fingerprint density at radius 2 is 2.12 bits per heavy atom. The maximum Gasteiger partial charge on any atom is 0.407 e. The minimum absolute atomic E-state index is 0.407. The van der Waals surface area contributed by atoms with Gasteiger partial charge in [0, 0.05) is 22.7 Å². The predicted octanol–water partition coefficient (Wildman–Crippen LogP) is 3.65. The Morgan fingerprint density at radius 3 is 2.88 bits per heavy atom.